The number of ether oxygens (including phenoxy) is 1. The second-order valence-electron chi connectivity index (χ2n) is 5.89. The molecule has 0 saturated carbocycles. The molecule has 0 radical (unpaired) electrons. The van der Waals surface area contributed by atoms with Gasteiger partial charge in [-0.25, -0.2) is 4.79 Å². The van der Waals surface area contributed by atoms with Crippen LogP contribution in [0, 0.1) is 11.3 Å². The van der Waals surface area contributed by atoms with Gasteiger partial charge in [-0.15, -0.1) is 0 Å². The zero-order valence-corrected chi connectivity index (χ0v) is 15.8. The maximum Gasteiger partial charge on any atom is 0.338 e. The largest absolute Gasteiger partial charge is 0.462 e. The second-order valence-corrected chi connectivity index (χ2v) is 5.89. The third-order valence-electron chi connectivity index (χ3n) is 3.95. The SMILES string of the molecule is CCOC(=O)c1ccc(N(CCC(=O)Nc2ccccc2C#N)C(C)=O)cc1. The molecule has 0 aromatic heterocycles. The molecule has 0 bridgehead atoms. The maximum absolute atomic E-state index is 12.2. The van der Waals surface area contributed by atoms with E-state index in [1.807, 2.05) is 6.07 Å². The second kappa shape index (κ2) is 9.88. The van der Waals surface area contributed by atoms with E-state index in [0.717, 1.165) is 0 Å². The van der Waals surface area contributed by atoms with Crippen molar-refractivity contribution in [1.82, 2.24) is 0 Å². The van der Waals surface area contributed by atoms with Crippen LogP contribution in [0.15, 0.2) is 48.5 Å². The van der Waals surface area contributed by atoms with Crippen LogP contribution in [0.25, 0.3) is 0 Å². The summed E-state index contributed by atoms with van der Waals surface area (Å²) in [6, 6.07) is 15.1. The van der Waals surface area contributed by atoms with Gasteiger partial charge in [-0.2, -0.15) is 5.26 Å². The van der Waals surface area contributed by atoms with Crippen molar-refractivity contribution in [1.29, 1.82) is 5.26 Å². The summed E-state index contributed by atoms with van der Waals surface area (Å²) >= 11 is 0. The molecule has 0 unspecified atom stereocenters. The molecule has 0 aliphatic rings. The minimum atomic E-state index is -0.432. The van der Waals surface area contributed by atoms with Gasteiger partial charge in [0.2, 0.25) is 11.8 Å². The first-order valence-corrected chi connectivity index (χ1v) is 8.80. The van der Waals surface area contributed by atoms with Crippen LogP contribution in [-0.4, -0.2) is 30.9 Å². The predicted molar refractivity (Wildman–Crippen MR) is 105 cm³/mol. The molecule has 2 amide bonds. The van der Waals surface area contributed by atoms with Crippen LogP contribution in [0.4, 0.5) is 11.4 Å². The standard InChI is InChI=1S/C21H21N3O4/c1-3-28-21(27)16-8-10-18(11-9-16)24(15(2)25)13-12-20(26)23-19-7-5-4-6-17(19)14-22/h4-11H,3,12-13H2,1-2H3,(H,23,26). The average molecular weight is 379 g/mol. The molecule has 0 spiro atoms. The van der Waals surface area contributed by atoms with E-state index in [4.69, 9.17) is 10.00 Å². The summed E-state index contributed by atoms with van der Waals surface area (Å²) in [5, 5.41) is 11.8. The molecule has 0 aliphatic heterocycles. The number of carbonyl (C=O) groups excluding carboxylic acids is 3. The number of rotatable bonds is 7. The van der Waals surface area contributed by atoms with Crippen LogP contribution in [0.5, 0.6) is 0 Å². The first-order valence-electron chi connectivity index (χ1n) is 8.80. The fraction of sp³-hybridized carbons (Fsp3) is 0.238. The van der Waals surface area contributed by atoms with E-state index in [0.29, 0.717) is 22.5 Å². The zero-order chi connectivity index (χ0) is 20.5. The molecule has 28 heavy (non-hydrogen) atoms. The molecule has 144 valence electrons. The zero-order valence-electron chi connectivity index (χ0n) is 15.8. The third-order valence-corrected chi connectivity index (χ3v) is 3.95. The Morgan fingerprint density at radius 3 is 2.39 bits per heavy atom. The number of benzene rings is 2. The molecule has 2 aromatic rings. The maximum atomic E-state index is 12.2. The van der Waals surface area contributed by atoms with Crippen LogP contribution in [-0.2, 0) is 14.3 Å². The number of amides is 2. The van der Waals surface area contributed by atoms with E-state index in [2.05, 4.69) is 5.32 Å². The predicted octanol–water partition coefficient (Wildman–Crippen LogP) is 3.12. The van der Waals surface area contributed by atoms with Crippen molar-refractivity contribution in [2.45, 2.75) is 20.3 Å². The van der Waals surface area contributed by atoms with Crippen LogP contribution < -0.4 is 10.2 Å². The smallest absolute Gasteiger partial charge is 0.338 e. The molecular formula is C21H21N3O4. The quantitative estimate of drug-likeness (QED) is 0.745. The summed E-state index contributed by atoms with van der Waals surface area (Å²) in [4.78, 5) is 37.4. The van der Waals surface area contributed by atoms with Gasteiger partial charge >= 0.3 is 5.97 Å². The van der Waals surface area contributed by atoms with E-state index in [1.165, 1.54) is 11.8 Å². The first kappa shape index (κ1) is 20.6. The molecule has 0 aliphatic carbocycles. The summed E-state index contributed by atoms with van der Waals surface area (Å²) in [6.45, 7) is 3.57. The Kier molecular flexibility index (Phi) is 7.28. The number of anilines is 2. The summed E-state index contributed by atoms with van der Waals surface area (Å²) in [5.74, 6) is -0.967. The summed E-state index contributed by atoms with van der Waals surface area (Å²) < 4.78 is 4.93. The van der Waals surface area contributed by atoms with E-state index in [1.54, 1.807) is 55.5 Å². The van der Waals surface area contributed by atoms with Crippen molar-refractivity contribution >= 4 is 29.2 Å². The molecule has 0 saturated heterocycles. The molecule has 7 nitrogen and oxygen atoms in total. The fourth-order valence-electron chi connectivity index (χ4n) is 2.58. The lowest BCUT2D eigenvalue weighted by Crippen LogP contribution is -2.32. The topological polar surface area (TPSA) is 99.5 Å². The lowest BCUT2D eigenvalue weighted by atomic mass is 10.2. The number of esters is 1. The van der Waals surface area contributed by atoms with E-state index in [-0.39, 0.29) is 31.4 Å². The summed E-state index contributed by atoms with van der Waals surface area (Å²) in [5.41, 5.74) is 1.77. The van der Waals surface area contributed by atoms with Gasteiger partial charge in [0.15, 0.2) is 0 Å². The van der Waals surface area contributed by atoms with Crippen molar-refractivity contribution in [2.75, 3.05) is 23.4 Å². The van der Waals surface area contributed by atoms with Gasteiger partial charge in [0.05, 0.1) is 23.4 Å². The van der Waals surface area contributed by atoms with Crippen molar-refractivity contribution < 1.29 is 19.1 Å². The highest BCUT2D eigenvalue weighted by atomic mass is 16.5. The van der Waals surface area contributed by atoms with Gasteiger partial charge in [0, 0.05) is 25.6 Å². The molecule has 7 heteroatoms. The Hall–Kier alpha value is -3.66. The third kappa shape index (κ3) is 5.42. The van der Waals surface area contributed by atoms with Crippen LogP contribution in [0.1, 0.15) is 36.2 Å². The minimum absolute atomic E-state index is 0.0545. The van der Waals surface area contributed by atoms with Crippen molar-refractivity contribution in [3.05, 3.63) is 59.7 Å². The number of nitrogens with zero attached hydrogens (tertiary/aromatic N) is 2. The molecular weight excluding hydrogens is 358 g/mol. The Morgan fingerprint density at radius 1 is 1.11 bits per heavy atom. The van der Waals surface area contributed by atoms with Gasteiger partial charge in [0.1, 0.15) is 6.07 Å². The lowest BCUT2D eigenvalue weighted by molar-refractivity contribution is -0.117. The number of nitrogens with one attached hydrogen (secondary N) is 1. The molecule has 1 N–H and O–H groups in total. The molecule has 0 fully saturated rings. The highest BCUT2D eigenvalue weighted by Crippen LogP contribution is 2.18. The number of para-hydroxylation sites is 1. The highest BCUT2D eigenvalue weighted by Gasteiger charge is 2.15. The molecule has 2 aromatic carbocycles. The number of carbonyl (C=O) groups is 3. The number of hydrogen-bond acceptors (Lipinski definition) is 5. The number of hydrogen-bond donors (Lipinski definition) is 1. The van der Waals surface area contributed by atoms with Gasteiger partial charge in [-0.1, -0.05) is 12.1 Å². The Balaban J connectivity index is 2.03. The van der Waals surface area contributed by atoms with E-state index >= 15 is 0 Å². The van der Waals surface area contributed by atoms with Gasteiger partial charge in [-0.05, 0) is 43.3 Å². The van der Waals surface area contributed by atoms with Gasteiger partial charge < -0.3 is 15.0 Å². The first-order chi connectivity index (χ1) is 13.5. The van der Waals surface area contributed by atoms with Crippen molar-refractivity contribution in [3.63, 3.8) is 0 Å². The molecule has 0 heterocycles. The Labute approximate surface area is 163 Å². The van der Waals surface area contributed by atoms with Crippen molar-refractivity contribution in [3.8, 4) is 6.07 Å². The van der Waals surface area contributed by atoms with E-state index < -0.39 is 5.97 Å². The minimum Gasteiger partial charge on any atom is -0.462 e. The van der Waals surface area contributed by atoms with Crippen LogP contribution >= 0.6 is 0 Å². The van der Waals surface area contributed by atoms with Gasteiger partial charge in [-0.3, -0.25) is 9.59 Å². The summed E-state index contributed by atoms with van der Waals surface area (Å²) in [6.07, 6.45) is 0.0545. The number of nitriles is 1. The monoisotopic (exact) mass is 379 g/mol. The van der Waals surface area contributed by atoms with E-state index in [9.17, 15) is 14.4 Å². The lowest BCUT2D eigenvalue weighted by Gasteiger charge is -2.21. The summed E-state index contributed by atoms with van der Waals surface area (Å²) in [7, 11) is 0. The normalized spacial score (nSPS) is 9.89. The van der Waals surface area contributed by atoms with Crippen molar-refractivity contribution in [2.24, 2.45) is 0 Å². The van der Waals surface area contributed by atoms with Gasteiger partial charge in [0.25, 0.3) is 0 Å². The Bertz CT molecular complexity index is 901. The fourth-order valence-corrected chi connectivity index (χ4v) is 2.58. The van der Waals surface area contributed by atoms with Crippen LogP contribution in [0.3, 0.4) is 0 Å². The highest BCUT2D eigenvalue weighted by molar-refractivity contribution is 5.96. The molecule has 2 rings (SSSR count). The Morgan fingerprint density at radius 2 is 1.79 bits per heavy atom. The molecule has 0 atom stereocenters. The average Bonchev–Trinajstić information content (AvgIpc) is 2.69. The van der Waals surface area contributed by atoms with Crippen LogP contribution in [0.2, 0.25) is 0 Å².